The summed E-state index contributed by atoms with van der Waals surface area (Å²) in [5, 5.41) is 2.53. The van der Waals surface area contributed by atoms with Crippen LogP contribution >= 0.6 is 0 Å². The van der Waals surface area contributed by atoms with E-state index in [-0.39, 0.29) is 10.6 Å². The highest BCUT2D eigenvalue weighted by Gasteiger charge is 2.26. The number of amides is 1. The molecule has 3 rings (SSSR count). The summed E-state index contributed by atoms with van der Waals surface area (Å²) in [6, 6.07) is 7.67. The van der Waals surface area contributed by atoms with E-state index in [1.807, 2.05) is 4.90 Å². The van der Waals surface area contributed by atoms with Gasteiger partial charge in [-0.1, -0.05) is 19.9 Å². The molecule has 2 aromatic rings. The van der Waals surface area contributed by atoms with Crippen molar-refractivity contribution in [1.29, 1.82) is 0 Å². The molecule has 0 unspecified atom stereocenters. The number of halogens is 2. The van der Waals surface area contributed by atoms with Crippen LogP contribution in [0.15, 0.2) is 41.3 Å². The van der Waals surface area contributed by atoms with Gasteiger partial charge in [0.05, 0.1) is 16.3 Å². The van der Waals surface area contributed by atoms with E-state index < -0.39 is 33.1 Å². The van der Waals surface area contributed by atoms with Gasteiger partial charge in [-0.15, -0.1) is 0 Å². The lowest BCUT2D eigenvalue weighted by Crippen LogP contribution is -2.31. The van der Waals surface area contributed by atoms with Gasteiger partial charge >= 0.3 is 0 Å². The minimum atomic E-state index is -3.77. The Morgan fingerprint density at radius 1 is 1.07 bits per heavy atom. The van der Waals surface area contributed by atoms with Crippen molar-refractivity contribution in [2.45, 2.75) is 31.6 Å². The first kappa shape index (κ1) is 22.2. The lowest BCUT2D eigenvalue weighted by molar-refractivity contribution is 0.101. The van der Waals surface area contributed by atoms with E-state index in [2.05, 4.69) is 5.32 Å². The molecule has 0 radical (unpaired) electrons. The van der Waals surface area contributed by atoms with E-state index in [4.69, 9.17) is 0 Å². The summed E-state index contributed by atoms with van der Waals surface area (Å²) in [4.78, 5) is 14.7. The third kappa shape index (κ3) is 4.32. The Balaban J connectivity index is 2.04. The van der Waals surface area contributed by atoms with Crippen molar-refractivity contribution in [3.05, 3.63) is 53.6 Å². The molecule has 162 valence electrons. The quantitative estimate of drug-likeness (QED) is 0.715. The Morgan fingerprint density at radius 3 is 2.23 bits per heavy atom. The first-order valence-electron chi connectivity index (χ1n) is 9.94. The lowest BCUT2D eigenvalue weighted by atomic mass is 10.1. The van der Waals surface area contributed by atoms with Crippen molar-refractivity contribution < 1.29 is 22.0 Å². The molecule has 0 spiro atoms. The topological polar surface area (TPSA) is 69.7 Å². The van der Waals surface area contributed by atoms with Crippen molar-refractivity contribution in [2.75, 3.05) is 36.4 Å². The summed E-state index contributed by atoms with van der Waals surface area (Å²) in [5.74, 6) is -2.94. The van der Waals surface area contributed by atoms with Gasteiger partial charge in [-0.25, -0.2) is 17.2 Å². The van der Waals surface area contributed by atoms with Crippen LogP contribution in [0.2, 0.25) is 0 Å². The highest BCUT2D eigenvalue weighted by atomic mass is 32.2. The minimum absolute atomic E-state index is 0.0125. The van der Waals surface area contributed by atoms with Gasteiger partial charge in [0.15, 0.2) is 0 Å². The largest absolute Gasteiger partial charge is 0.370 e. The lowest BCUT2D eigenvalue weighted by Gasteiger charge is -2.24. The molecular formula is C21H25F2N3O3S. The molecule has 0 bridgehead atoms. The molecule has 2 aromatic carbocycles. The van der Waals surface area contributed by atoms with Gasteiger partial charge in [-0.05, 0) is 43.2 Å². The Bertz CT molecular complexity index is 1010. The summed E-state index contributed by atoms with van der Waals surface area (Å²) in [6.45, 7) is 5.58. The van der Waals surface area contributed by atoms with Crippen molar-refractivity contribution in [3.8, 4) is 0 Å². The molecule has 0 atom stereocenters. The van der Waals surface area contributed by atoms with Gasteiger partial charge in [0.1, 0.15) is 17.2 Å². The van der Waals surface area contributed by atoms with E-state index in [0.717, 1.165) is 38.1 Å². The summed E-state index contributed by atoms with van der Waals surface area (Å²) in [5.41, 5.74) is 0.121. The van der Waals surface area contributed by atoms with Crippen molar-refractivity contribution in [1.82, 2.24) is 4.31 Å². The van der Waals surface area contributed by atoms with E-state index in [9.17, 15) is 22.0 Å². The van der Waals surface area contributed by atoms with Gasteiger partial charge in [-0.3, -0.25) is 4.79 Å². The molecule has 6 nitrogen and oxygen atoms in total. The normalized spacial score (nSPS) is 14.4. The number of rotatable bonds is 7. The summed E-state index contributed by atoms with van der Waals surface area (Å²) >= 11 is 0. The Labute approximate surface area is 175 Å². The zero-order valence-corrected chi connectivity index (χ0v) is 17.8. The van der Waals surface area contributed by atoms with Crippen molar-refractivity contribution in [2.24, 2.45) is 0 Å². The Hall–Kier alpha value is -2.52. The van der Waals surface area contributed by atoms with E-state index >= 15 is 0 Å². The van der Waals surface area contributed by atoms with Crippen LogP contribution in [-0.4, -0.2) is 44.8 Å². The third-order valence-corrected chi connectivity index (χ3v) is 7.24. The third-order valence-electron chi connectivity index (χ3n) is 5.20. The number of nitrogens with one attached hydrogen (secondary N) is 1. The molecule has 1 amide bonds. The molecule has 0 aliphatic carbocycles. The maximum Gasteiger partial charge on any atom is 0.261 e. The van der Waals surface area contributed by atoms with Crippen LogP contribution < -0.4 is 10.2 Å². The average Bonchev–Trinajstić information content (AvgIpc) is 3.23. The van der Waals surface area contributed by atoms with Crippen LogP contribution in [0, 0.1) is 11.6 Å². The molecule has 1 saturated heterocycles. The van der Waals surface area contributed by atoms with E-state index in [0.29, 0.717) is 18.8 Å². The molecule has 1 fully saturated rings. The first-order chi connectivity index (χ1) is 14.3. The summed E-state index contributed by atoms with van der Waals surface area (Å²) in [7, 11) is -3.77. The fraction of sp³-hybridized carbons (Fsp3) is 0.381. The summed E-state index contributed by atoms with van der Waals surface area (Å²) in [6.07, 6.45) is 1.93. The predicted molar refractivity (Wildman–Crippen MR) is 112 cm³/mol. The van der Waals surface area contributed by atoms with Crippen LogP contribution in [0.5, 0.6) is 0 Å². The zero-order valence-electron chi connectivity index (χ0n) is 17.0. The molecular weight excluding hydrogens is 412 g/mol. The number of carbonyl (C=O) groups excluding carboxylic acids is 1. The summed E-state index contributed by atoms with van der Waals surface area (Å²) < 4.78 is 55.3. The number of nitrogens with zero attached hydrogens (tertiary/aromatic N) is 2. The predicted octanol–water partition coefficient (Wildman–Crippen LogP) is 3.85. The number of sulfonamides is 1. The van der Waals surface area contributed by atoms with Gasteiger partial charge < -0.3 is 10.2 Å². The average molecular weight is 438 g/mol. The van der Waals surface area contributed by atoms with Crippen LogP contribution in [-0.2, 0) is 10.0 Å². The molecule has 0 saturated carbocycles. The first-order valence-corrected chi connectivity index (χ1v) is 11.4. The molecule has 30 heavy (non-hydrogen) atoms. The number of carbonyl (C=O) groups is 1. The molecule has 0 aromatic heterocycles. The van der Waals surface area contributed by atoms with Crippen molar-refractivity contribution in [3.63, 3.8) is 0 Å². The number of hydrogen-bond donors (Lipinski definition) is 1. The van der Waals surface area contributed by atoms with Gasteiger partial charge in [0, 0.05) is 26.2 Å². The Kier molecular flexibility index (Phi) is 6.72. The van der Waals surface area contributed by atoms with E-state index in [1.165, 1.54) is 22.5 Å². The molecule has 1 heterocycles. The molecule has 1 N–H and O–H groups in total. The van der Waals surface area contributed by atoms with Crippen LogP contribution in [0.1, 0.15) is 37.0 Å². The monoisotopic (exact) mass is 437 g/mol. The molecule has 1 aliphatic heterocycles. The maximum absolute atomic E-state index is 14.1. The standard InChI is InChI=1S/C21H25F2N3O3S/c1-3-26(4-2)30(28,29)15-10-11-19(25-12-5-6-13-25)18(14-15)24-21(27)20-16(22)8-7-9-17(20)23/h7-11,14H,3-6,12-13H2,1-2H3,(H,24,27). The maximum atomic E-state index is 14.1. The number of hydrogen-bond acceptors (Lipinski definition) is 4. The van der Waals surface area contributed by atoms with Gasteiger partial charge in [-0.2, -0.15) is 4.31 Å². The zero-order chi connectivity index (χ0) is 21.9. The fourth-order valence-corrected chi connectivity index (χ4v) is 5.11. The molecule has 9 heteroatoms. The second-order valence-corrected chi connectivity index (χ2v) is 8.95. The SMILES string of the molecule is CCN(CC)S(=O)(=O)c1ccc(N2CCCC2)c(NC(=O)c2c(F)cccc2F)c1. The highest BCUT2D eigenvalue weighted by Crippen LogP contribution is 2.33. The number of benzene rings is 2. The van der Waals surface area contributed by atoms with Crippen LogP contribution in [0.25, 0.3) is 0 Å². The minimum Gasteiger partial charge on any atom is -0.370 e. The Morgan fingerprint density at radius 2 is 1.67 bits per heavy atom. The highest BCUT2D eigenvalue weighted by molar-refractivity contribution is 7.89. The van der Waals surface area contributed by atoms with Gasteiger partial charge in [0.25, 0.3) is 5.91 Å². The van der Waals surface area contributed by atoms with Crippen molar-refractivity contribution >= 4 is 27.3 Å². The fourth-order valence-electron chi connectivity index (χ4n) is 3.62. The van der Waals surface area contributed by atoms with Crippen LogP contribution in [0.3, 0.4) is 0 Å². The smallest absolute Gasteiger partial charge is 0.261 e. The van der Waals surface area contributed by atoms with Gasteiger partial charge in [0.2, 0.25) is 10.0 Å². The van der Waals surface area contributed by atoms with E-state index in [1.54, 1.807) is 19.9 Å². The molecule has 1 aliphatic rings. The number of anilines is 2. The second-order valence-electron chi connectivity index (χ2n) is 7.01. The second kappa shape index (κ2) is 9.09. The van der Waals surface area contributed by atoms with Crippen LogP contribution in [0.4, 0.5) is 20.2 Å².